The molecule has 0 bridgehead atoms. The minimum absolute atomic E-state index is 0.108. The Morgan fingerprint density at radius 3 is 2.33 bits per heavy atom. The number of nitrogens with zero attached hydrogens (tertiary/aromatic N) is 1. The standard InChI is InChI=1S/C8H15NO3/c1-4-6(2)9(3)7(10)5-8(11)12/h6H,4-5H2,1-3H3,(H,11,12). The molecule has 0 aliphatic heterocycles. The molecule has 70 valence electrons. The second-order valence-electron chi connectivity index (χ2n) is 2.83. The van der Waals surface area contributed by atoms with Crippen LogP contribution in [-0.2, 0) is 9.59 Å². The molecule has 0 aromatic rings. The highest BCUT2D eigenvalue weighted by atomic mass is 16.4. The van der Waals surface area contributed by atoms with Crippen LogP contribution < -0.4 is 0 Å². The van der Waals surface area contributed by atoms with Crippen molar-refractivity contribution in [2.24, 2.45) is 0 Å². The Kier molecular flexibility index (Phi) is 4.33. The quantitative estimate of drug-likeness (QED) is 0.637. The molecule has 0 aliphatic rings. The van der Waals surface area contributed by atoms with Gasteiger partial charge >= 0.3 is 5.97 Å². The molecule has 1 amide bonds. The van der Waals surface area contributed by atoms with E-state index in [1.54, 1.807) is 7.05 Å². The lowest BCUT2D eigenvalue weighted by Crippen LogP contribution is -2.35. The molecule has 0 fully saturated rings. The van der Waals surface area contributed by atoms with Crippen molar-refractivity contribution in [1.82, 2.24) is 4.90 Å². The number of rotatable bonds is 4. The second kappa shape index (κ2) is 4.74. The number of aliphatic carboxylic acids is 1. The maximum absolute atomic E-state index is 11.1. The molecule has 0 saturated carbocycles. The van der Waals surface area contributed by atoms with Gasteiger partial charge in [0.15, 0.2) is 0 Å². The normalized spacial score (nSPS) is 12.2. The van der Waals surface area contributed by atoms with Crippen LogP contribution >= 0.6 is 0 Å². The van der Waals surface area contributed by atoms with Crippen LogP contribution in [0.15, 0.2) is 0 Å². The zero-order valence-corrected chi connectivity index (χ0v) is 7.70. The minimum atomic E-state index is -1.07. The van der Waals surface area contributed by atoms with Crippen LogP contribution in [0.5, 0.6) is 0 Å². The van der Waals surface area contributed by atoms with Gasteiger partial charge in [-0.15, -0.1) is 0 Å². The number of hydrogen-bond donors (Lipinski definition) is 1. The van der Waals surface area contributed by atoms with Crippen molar-refractivity contribution in [3.63, 3.8) is 0 Å². The fourth-order valence-electron chi connectivity index (χ4n) is 0.774. The molecule has 1 unspecified atom stereocenters. The Bertz CT molecular complexity index is 179. The molecule has 4 nitrogen and oxygen atoms in total. The highest BCUT2D eigenvalue weighted by Crippen LogP contribution is 2.02. The maximum atomic E-state index is 11.1. The van der Waals surface area contributed by atoms with Gasteiger partial charge in [-0.1, -0.05) is 6.92 Å². The lowest BCUT2D eigenvalue weighted by atomic mass is 10.2. The van der Waals surface area contributed by atoms with E-state index in [0.29, 0.717) is 0 Å². The van der Waals surface area contributed by atoms with Gasteiger partial charge in [-0.3, -0.25) is 9.59 Å². The zero-order valence-electron chi connectivity index (χ0n) is 7.70. The minimum Gasteiger partial charge on any atom is -0.481 e. The predicted molar refractivity (Wildman–Crippen MR) is 44.8 cm³/mol. The van der Waals surface area contributed by atoms with E-state index in [4.69, 9.17) is 5.11 Å². The van der Waals surface area contributed by atoms with Crippen molar-refractivity contribution < 1.29 is 14.7 Å². The molecule has 1 atom stereocenters. The Morgan fingerprint density at radius 1 is 1.50 bits per heavy atom. The monoisotopic (exact) mass is 173 g/mol. The Morgan fingerprint density at radius 2 is 2.00 bits per heavy atom. The van der Waals surface area contributed by atoms with E-state index < -0.39 is 12.4 Å². The highest BCUT2D eigenvalue weighted by Gasteiger charge is 2.16. The van der Waals surface area contributed by atoms with Crippen molar-refractivity contribution >= 4 is 11.9 Å². The average molecular weight is 173 g/mol. The molecule has 0 rings (SSSR count). The Hall–Kier alpha value is -1.06. The van der Waals surface area contributed by atoms with E-state index in [-0.39, 0.29) is 11.9 Å². The summed E-state index contributed by atoms with van der Waals surface area (Å²) in [6.07, 6.45) is 0.419. The van der Waals surface area contributed by atoms with Gasteiger partial charge in [0.1, 0.15) is 6.42 Å². The molecule has 1 N–H and O–H groups in total. The van der Waals surface area contributed by atoms with Gasteiger partial charge in [-0.25, -0.2) is 0 Å². The van der Waals surface area contributed by atoms with Gasteiger partial charge in [0, 0.05) is 13.1 Å². The van der Waals surface area contributed by atoms with Crippen LogP contribution in [0.4, 0.5) is 0 Å². The van der Waals surface area contributed by atoms with E-state index in [0.717, 1.165) is 6.42 Å². The molecule has 0 aromatic heterocycles. The van der Waals surface area contributed by atoms with Crippen LogP contribution in [-0.4, -0.2) is 35.0 Å². The van der Waals surface area contributed by atoms with Crippen molar-refractivity contribution in [3.05, 3.63) is 0 Å². The summed E-state index contributed by atoms with van der Waals surface area (Å²) in [7, 11) is 1.62. The van der Waals surface area contributed by atoms with E-state index in [9.17, 15) is 9.59 Å². The maximum Gasteiger partial charge on any atom is 0.312 e. The summed E-state index contributed by atoms with van der Waals surface area (Å²) >= 11 is 0. The fourth-order valence-corrected chi connectivity index (χ4v) is 0.774. The first-order valence-corrected chi connectivity index (χ1v) is 3.96. The van der Waals surface area contributed by atoms with Crippen LogP contribution in [0.25, 0.3) is 0 Å². The first-order chi connectivity index (χ1) is 5.49. The first-order valence-electron chi connectivity index (χ1n) is 3.96. The summed E-state index contributed by atoms with van der Waals surface area (Å²) in [5.74, 6) is -1.41. The molecule has 0 aliphatic carbocycles. The van der Waals surface area contributed by atoms with Crippen LogP contribution in [0, 0.1) is 0 Å². The summed E-state index contributed by atoms with van der Waals surface area (Å²) in [4.78, 5) is 22.7. The van der Waals surface area contributed by atoms with E-state index in [2.05, 4.69) is 0 Å². The van der Waals surface area contributed by atoms with Crippen molar-refractivity contribution in [1.29, 1.82) is 0 Å². The number of carboxylic acid groups (broad SMARTS) is 1. The number of carbonyl (C=O) groups is 2. The molecule has 0 aromatic carbocycles. The smallest absolute Gasteiger partial charge is 0.312 e. The number of hydrogen-bond acceptors (Lipinski definition) is 2. The average Bonchev–Trinajstić information content (AvgIpc) is 2.00. The van der Waals surface area contributed by atoms with E-state index >= 15 is 0 Å². The van der Waals surface area contributed by atoms with Crippen molar-refractivity contribution in [3.8, 4) is 0 Å². The van der Waals surface area contributed by atoms with Crippen LogP contribution in [0.3, 0.4) is 0 Å². The molecule has 0 heterocycles. The van der Waals surface area contributed by atoms with Gasteiger partial charge in [0.2, 0.25) is 5.91 Å². The molecule has 0 saturated heterocycles. The Balaban J connectivity index is 4.01. The summed E-state index contributed by atoms with van der Waals surface area (Å²) in [5.41, 5.74) is 0. The van der Waals surface area contributed by atoms with Gasteiger partial charge < -0.3 is 10.0 Å². The van der Waals surface area contributed by atoms with Crippen LogP contribution in [0.2, 0.25) is 0 Å². The van der Waals surface area contributed by atoms with Gasteiger partial charge in [-0.05, 0) is 13.3 Å². The molecule has 12 heavy (non-hydrogen) atoms. The topological polar surface area (TPSA) is 57.6 Å². The lowest BCUT2D eigenvalue weighted by Gasteiger charge is -2.22. The predicted octanol–water partition coefficient (Wildman–Crippen LogP) is 0.718. The lowest BCUT2D eigenvalue weighted by molar-refractivity contribution is -0.144. The number of amides is 1. The summed E-state index contributed by atoms with van der Waals surface area (Å²) < 4.78 is 0. The largest absolute Gasteiger partial charge is 0.481 e. The first kappa shape index (κ1) is 10.9. The van der Waals surface area contributed by atoms with Crippen molar-refractivity contribution in [2.45, 2.75) is 32.7 Å². The number of carboxylic acids is 1. The summed E-state index contributed by atoms with van der Waals surface area (Å²) in [6.45, 7) is 3.84. The van der Waals surface area contributed by atoms with E-state index in [1.165, 1.54) is 4.90 Å². The molecule has 0 spiro atoms. The third-order valence-electron chi connectivity index (χ3n) is 1.95. The Labute approximate surface area is 72.2 Å². The molecular weight excluding hydrogens is 158 g/mol. The zero-order chi connectivity index (χ0) is 9.72. The van der Waals surface area contributed by atoms with Gasteiger partial charge in [-0.2, -0.15) is 0 Å². The molecule has 0 radical (unpaired) electrons. The molecular formula is C8H15NO3. The number of carbonyl (C=O) groups excluding carboxylic acids is 1. The van der Waals surface area contributed by atoms with Crippen molar-refractivity contribution in [2.75, 3.05) is 7.05 Å². The second-order valence-corrected chi connectivity index (χ2v) is 2.83. The van der Waals surface area contributed by atoms with Gasteiger partial charge in [0.05, 0.1) is 0 Å². The highest BCUT2D eigenvalue weighted by molar-refractivity contribution is 5.93. The SMILES string of the molecule is CCC(C)N(C)C(=O)CC(=O)O. The third kappa shape index (κ3) is 3.37. The van der Waals surface area contributed by atoms with E-state index in [1.807, 2.05) is 13.8 Å². The molecule has 4 heteroatoms. The summed E-state index contributed by atoms with van der Waals surface area (Å²) in [6, 6.07) is 0.108. The van der Waals surface area contributed by atoms with Gasteiger partial charge in [0.25, 0.3) is 0 Å². The summed E-state index contributed by atoms with van der Waals surface area (Å²) in [5, 5.41) is 8.34. The third-order valence-corrected chi connectivity index (χ3v) is 1.95. The van der Waals surface area contributed by atoms with Crippen LogP contribution in [0.1, 0.15) is 26.7 Å². The fraction of sp³-hybridized carbons (Fsp3) is 0.750.